The first-order valence-corrected chi connectivity index (χ1v) is 15.6. The summed E-state index contributed by atoms with van der Waals surface area (Å²) in [5, 5.41) is 65.4. The van der Waals surface area contributed by atoms with Crippen molar-refractivity contribution in [1.29, 1.82) is 0 Å². The molecule has 0 aromatic carbocycles. The molecule has 6 atom stereocenters. The van der Waals surface area contributed by atoms with E-state index in [-0.39, 0.29) is 12.3 Å². The van der Waals surface area contributed by atoms with E-state index in [1.165, 1.54) is 0 Å². The van der Waals surface area contributed by atoms with Crippen LogP contribution in [-0.2, 0) is 52.7 Å². The molecule has 0 aliphatic rings. The number of carboxylic acids is 6. The van der Waals surface area contributed by atoms with Crippen molar-refractivity contribution in [1.82, 2.24) is 26.6 Å². The molecule has 6 unspecified atom stereocenters. The van der Waals surface area contributed by atoms with E-state index in [0.717, 1.165) is 0 Å². The Morgan fingerprint density at radius 2 is 0.750 bits per heavy atom. The Kier molecular flexibility index (Phi) is 20.2. The van der Waals surface area contributed by atoms with Crippen molar-refractivity contribution in [3.8, 4) is 0 Å². The Balaban J connectivity index is 6.28. The lowest BCUT2D eigenvalue weighted by Gasteiger charge is -2.26. The van der Waals surface area contributed by atoms with Crippen molar-refractivity contribution < 1.29 is 83.4 Å². The summed E-state index contributed by atoms with van der Waals surface area (Å²) in [6.07, 6.45) is -6.17. The van der Waals surface area contributed by atoms with Gasteiger partial charge in [0.25, 0.3) is 0 Å². The van der Waals surface area contributed by atoms with E-state index >= 15 is 0 Å². The Bertz CT molecular complexity index is 1370. The third kappa shape index (κ3) is 19.4. The molecule has 23 nitrogen and oxygen atoms in total. The van der Waals surface area contributed by atoms with Gasteiger partial charge in [-0.15, -0.1) is 0 Å². The van der Waals surface area contributed by atoms with Crippen LogP contribution in [0.1, 0.15) is 71.6 Å². The van der Waals surface area contributed by atoms with Gasteiger partial charge in [0.2, 0.25) is 29.5 Å². The predicted octanol–water partition coefficient (Wildman–Crippen LogP) is -3.59. The maximum atomic E-state index is 13.3. The second kappa shape index (κ2) is 22.8. The summed E-state index contributed by atoms with van der Waals surface area (Å²) >= 11 is 0. The smallest absolute Gasteiger partial charge is 0.326 e. The number of hydrogen-bond acceptors (Lipinski definition) is 12. The maximum Gasteiger partial charge on any atom is 0.326 e. The van der Waals surface area contributed by atoms with Crippen LogP contribution in [0.25, 0.3) is 0 Å². The SMILES string of the molecule is CC(C)CC(NC(=O)C(CCC(=O)O)NC(=O)C(CC(=O)O)NC(=O)C(CCC(=O)O)NC(=O)C(CC(=O)O)NC(=O)C(N)CCC(=O)O)C(=O)O. The number of hydrogen-bond donors (Lipinski definition) is 12. The highest BCUT2D eigenvalue weighted by Gasteiger charge is 2.34. The highest BCUT2D eigenvalue weighted by molar-refractivity contribution is 5.98. The molecule has 23 heteroatoms. The van der Waals surface area contributed by atoms with Gasteiger partial charge in [0.1, 0.15) is 30.2 Å². The van der Waals surface area contributed by atoms with Crippen LogP contribution in [0.5, 0.6) is 0 Å². The van der Waals surface area contributed by atoms with Crippen LogP contribution in [-0.4, -0.2) is 132 Å². The van der Waals surface area contributed by atoms with Gasteiger partial charge in [0.15, 0.2) is 0 Å². The van der Waals surface area contributed by atoms with Gasteiger partial charge in [-0.2, -0.15) is 0 Å². The van der Waals surface area contributed by atoms with Gasteiger partial charge in [-0.05, 0) is 31.6 Å². The lowest BCUT2D eigenvalue weighted by molar-refractivity contribution is -0.144. The summed E-state index contributed by atoms with van der Waals surface area (Å²) < 4.78 is 0. The molecule has 0 aliphatic carbocycles. The van der Waals surface area contributed by atoms with Gasteiger partial charge in [0.05, 0.1) is 18.9 Å². The van der Waals surface area contributed by atoms with Crippen molar-refractivity contribution in [2.45, 2.75) is 108 Å². The van der Waals surface area contributed by atoms with E-state index in [9.17, 15) is 68.1 Å². The molecular formula is C29H44N6O17. The van der Waals surface area contributed by atoms with Crippen LogP contribution in [0.3, 0.4) is 0 Å². The molecule has 0 aliphatic heterocycles. The molecular weight excluding hydrogens is 704 g/mol. The molecule has 52 heavy (non-hydrogen) atoms. The van der Waals surface area contributed by atoms with Gasteiger partial charge in [-0.25, -0.2) is 4.79 Å². The van der Waals surface area contributed by atoms with Crippen molar-refractivity contribution >= 4 is 65.4 Å². The van der Waals surface area contributed by atoms with Crippen molar-refractivity contribution in [3.63, 3.8) is 0 Å². The second-order valence-electron chi connectivity index (χ2n) is 11.9. The number of carbonyl (C=O) groups excluding carboxylic acids is 5. The largest absolute Gasteiger partial charge is 0.481 e. The van der Waals surface area contributed by atoms with E-state index in [1.54, 1.807) is 13.8 Å². The molecule has 0 heterocycles. The summed E-state index contributed by atoms with van der Waals surface area (Å²) in [6.45, 7) is 3.31. The standard InChI is InChI=1S/C29H44N6O17/c1-12(2)9-18(29(51)52)35-26(48)15(5-8-21(40)41)32-28(50)17(11-23(44)45)34-25(47)14(4-7-20(38)39)31-27(49)16(10-22(42)43)33-24(46)13(30)3-6-19(36)37/h12-18H,3-11,30H2,1-2H3,(H,31,49)(H,32,50)(H,33,46)(H,34,47)(H,35,48)(H,36,37)(H,38,39)(H,40,41)(H,42,43)(H,44,45)(H,51,52). The zero-order valence-corrected chi connectivity index (χ0v) is 28.2. The summed E-state index contributed by atoms with van der Waals surface area (Å²) in [5.41, 5.74) is 5.59. The third-order valence-corrected chi connectivity index (χ3v) is 6.91. The van der Waals surface area contributed by atoms with Crippen LogP contribution in [0.4, 0.5) is 0 Å². The van der Waals surface area contributed by atoms with Crippen molar-refractivity contribution in [3.05, 3.63) is 0 Å². The lowest BCUT2D eigenvalue weighted by Crippen LogP contribution is -2.59. The van der Waals surface area contributed by atoms with E-state index in [1.807, 2.05) is 16.0 Å². The zero-order valence-electron chi connectivity index (χ0n) is 28.2. The van der Waals surface area contributed by atoms with Gasteiger partial charge >= 0.3 is 35.8 Å². The van der Waals surface area contributed by atoms with Crippen LogP contribution in [0.2, 0.25) is 0 Å². The minimum Gasteiger partial charge on any atom is -0.481 e. The van der Waals surface area contributed by atoms with E-state index < -0.39 is 153 Å². The fourth-order valence-electron chi connectivity index (χ4n) is 4.31. The van der Waals surface area contributed by atoms with E-state index in [4.69, 9.17) is 21.1 Å². The summed E-state index contributed by atoms with van der Waals surface area (Å²) in [5.74, 6) is -15.6. The fourth-order valence-corrected chi connectivity index (χ4v) is 4.31. The normalized spacial score (nSPS) is 14.2. The maximum absolute atomic E-state index is 13.3. The Morgan fingerprint density at radius 1 is 0.442 bits per heavy atom. The number of aliphatic carboxylic acids is 6. The van der Waals surface area contributed by atoms with Crippen LogP contribution in [0, 0.1) is 5.92 Å². The minimum absolute atomic E-state index is 0.0592. The Hall–Kier alpha value is -5.87. The van der Waals surface area contributed by atoms with Gasteiger partial charge in [-0.3, -0.25) is 47.9 Å². The van der Waals surface area contributed by atoms with Crippen LogP contribution >= 0.6 is 0 Å². The van der Waals surface area contributed by atoms with Crippen LogP contribution < -0.4 is 32.3 Å². The number of carbonyl (C=O) groups is 11. The number of nitrogens with two attached hydrogens (primary N) is 1. The number of amides is 5. The van der Waals surface area contributed by atoms with Crippen LogP contribution in [0.15, 0.2) is 0 Å². The molecule has 5 amide bonds. The van der Waals surface area contributed by atoms with E-state index in [0.29, 0.717) is 0 Å². The molecule has 0 bridgehead atoms. The zero-order chi connectivity index (χ0) is 40.3. The highest BCUT2D eigenvalue weighted by atomic mass is 16.4. The fraction of sp³-hybridized carbons (Fsp3) is 0.621. The first-order valence-electron chi connectivity index (χ1n) is 15.6. The summed E-state index contributed by atoms with van der Waals surface area (Å²) in [4.78, 5) is 133. The topological polar surface area (TPSA) is 395 Å². The number of rotatable bonds is 26. The Labute approximate surface area is 295 Å². The van der Waals surface area contributed by atoms with Crippen molar-refractivity contribution in [2.24, 2.45) is 11.7 Å². The number of carboxylic acid groups (broad SMARTS) is 6. The molecule has 0 spiro atoms. The number of nitrogens with one attached hydrogen (secondary N) is 5. The molecule has 0 radical (unpaired) electrons. The second-order valence-corrected chi connectivity index (χ2v) is 11.9. The van der Waals surface area contributed by atoms with Crippen molar-refractivity contribution in [2.75, 3.05) is 0 Å². The molecule has 0 saturated carbocycles. The van der Waals surface area contributed by atoms with Gasteiger partial charge in [-0.1, -0.05) is 13.8 Å². The quantitative estimate of drug-likeness (QED) is 0.0407. The summed E-state index contributed by atoms with van der Waals surface area (Å²) in [6, 6.07) is -10.6. The molecule has 0 fully saturated rings. The lowest BCUT2D eigenvalue weighted by atomic mass is 10.0. The molecule has 0 rings (SSSR count). The molecule has 0 aromatic rings. The molecule has 292 valence electrons. The first kappa shape index (κ1) is 46.1. The average Bonchev–Trinajstić information content (AvgIpc) is 3.01. The monoisotopic (exact) mass is 748 g/mol. The molecule has 0 aromatic heterocycles. The first-order chi connectivity index (χ1) is 24.0. The minimum atomic E-state index is -2.07. The highest BCUT2D eigenvalue weighted by Crippen LogP contribution is 2.09. The van der Waals surface area contributed by atoms with Gasteiger partial charge < -0.3 is 63.0 Å². The van der Waals surface area contributed by atoms with Gasteiger partial charge in [0, 0.05) is 19.3 Å². The average molecular weight is 749 g/mol. The Morgan fingerprint density at radius 3 is 1.08 bits per heavy atom. The van der Waals surface area contributed by atoms with E-state index in [2.05, 4.69) is 10.6 Å². The molecule has 0 saturated heterocycles. The predicted molar refractivity (Wildman–Crippen MR) is 170 cm³/mol. The third-order valence-electron chi connectivity index (χ3n) is 6.91. The summed E-state index contributed by atoms with van der Waals surface area (Å²) in [7, 11) is 0. The molecule has 13 N–H and O–H groups in total.